The van der Waals surface area contributed by atoms with Crippen LogP contribution in [0.15, 0.2) is 47.6 Å². The van der Waals surface area contributed by atoms with Gasteiger partial charge < -0.3 is 9.53 Å². The van der Waals surface area contributed by atoms with Gasteiger partial charge in [-0.05, 0) is 112 Å². The van der Waals surface area contributed by atoms with Gasteiger partial charge in [-0.25, -0.2) is 0 Å². The van der Waals surface area contributed by atoms with E-state index in [1.54, 1.807) is 5.57 Å². The van der Waals surface area contributed by atoms with Crippen LogP contribution in [0.1, 0.15) is 107 Å². The lowest BCUT2D eigenvalue weighted by molar-refractivity contribution is 0.0555. The lowest BCUT2D eigenvalue weighted by Crippen LogP contribution is -2.49. The van der Waals surface area contributed by atoms with E-state index in [9.17, 15) is 5.11 Å². The molecule has 0 amide bonds. The van der Waals surface area contributed by atoms with E-state index < -0.39 is 8.32 Å². The van der Waals surface area contributed by atoms with Gasteiger partial charge in [0.15, 0.2) is 8.32 Å². The summed E-state index contributed by atoms with van der Waals surface area (Å²) in [5.74, 6) is 2.37. The molecule has 3 aliphatic rings. The van der Waals surface area contributed by atoms with E-state index >= 15 is 0 Å². The molecule has 3 aliphatic carbocycles. The van der Waals surface area contributed by atoms with Crippen LogP contribution in [-0.2, 0) is 4.43 Å². The molecule has 2 nitrogen and oxygen atoms in total. The number of fused-ring (bicyclic) bond motifs is 1. The minimum Gasteiger partial charge on any atom is -0.411 e. The number of aliphatic hydroxyl groups is 1. The summed E-state index contributed by atoms with van der Waals surface area (Å²) in [6, 6.07) is 0. The van der Waals surface area contributed by atoms with E-state index in [2.05, 4.69) is 99.4 Å². The molecule has 3 rings (SSSR count). The smallest absolute Gasteiger partial charge is 0.192 e. The Kier molecular flexibility index (Phi) is 9.35. The summed E-state index contributed by atoms with van der Waals surface area (Å²) < 4.78 is 6.87. The van der Waals surface area contributed by atoms with Crippen molar-refractivity contribution < 1.29 is 9.53 Å². The molecule has 0 bridgehead atoms. The van der Waals surface area contributed by atoms with Gasteiger partial charge in [-0.3, -0.25) is 0 Å². The first-order chi connectivity index (χ1) is 17.0. The molecule has 6 atom stereocenters. The number of hydrogen-bond donors (Lipinski definition) is 1. The molecular formula is C34H58O2Si. The molecule has 0 aromatic heterocycles. The number of aliphatic hydroxyl groups excluding tert-OH is 1. The van der Waals surface area contributed by atoms with Crippen LogP contribution >= 0.6 is 0 Å². The Hall–Kier alpha value is -0.903. The molecule has 1 N–H and O–H groups in total. The van der Waals surface area contributed by atoms with E-state index in [1.165, 1.54) is 43.3 Å². The fraction of sp³-hybridized carbons (Fsp3) is 0.765. The van der Waals surface area contributed by atoms with Crippen molar-refractivity contribution in [2.24, 2.45) is 29.1 Å². The summed E-state index contributed by atoms with van der Waals surface area (Å²) in [6.45, 7) is 27.9. The Morgan fingerprint density at radius 2 is 1.70 bits per heavy atom. The van der Waals surface area contributed by atoms with Gasteiger partial charge in [0.1, 0.15) is 0 Å². The van der Waals surface area contributed by atoms with Crippen LogP contribution in [0.2, 0.25) is 18.1 Å². The van der Waals surface area contributed by atoms with Crippen molar-refractivity contribution >= 4 is 8.32 Å². The van der Waals surface area contributed by atoms with Crippen LogP contribution in [0.5, 0.6) is 0 Å². The first-order valence-corrected chi connectivity index (χ1v) is 18.0. The highest BCUT2D eigenvalue weighted by Gasteiger charge is 2.50. The molecule has 210 valence electrons. The first kappa shape index (κ1) is 30.6. The molecule has 3 saturated carbocycles. The monoisotopic (exact) mass is 526 g/mol. The Balaban J connectivity index is 1.71. The second-order valence-electron chi connectivity index (χ2n) is 15.0. The maximum Gasteiger partial charge on any atom is 0.192 e. The SMILES string of the molecule is C=C1CC[C@H](O)C/C1=C\C=C1/CCC[C@]2(C)[C@@H]([C@H](C)/C=C/[C@@H](C)C(C)(C)O[Si](C)(C)C(C)(C)C)CC[C@@H]12. The van der Waals surface area contributed by atoms with E-state index in [4.69, 9.17) is 4.43 Å². The Bertz CT molecular complexity index is 915. The quantitative estimate of drug-likeness (QED) is 0.264. The van der Waals surface area contributed by atoms with Crippen molar-refractivity contribution in [1.29, 1.82) is 0 Å². The maximum atomic E-state index is 10.1. The number of hydrogen-bond acceptors (Lipinski definition) is 2. The van der Waals surface area contributed by atoms with Gasteiger partial charge in [0.05, 0.1) is 11.7 Å². The second kappa shape index (κ2) is 11.3. The van der Waals surface area contributed by atoms with Crippen LogP contribution in [0.4, 0.5) is 0 Å². The molecular weight excluding hydrogens is 468 g/mol. The summed E-state index contributed by atoms with van der Waals surface area (Å²) in [5.41, 5.74) is 4.35. The summed E-state index contributed by atoms with van der Waals surface area (Å²) in [6.07, 6.45) is 18.6. The van der Waals surface area contributed by atoms with Crippen LogP contribution in [0.3, 0.4) is 0 Å². The molecule has 3 heteroatoms. The van der Waals surface area contributed by atoms with Crippen molar-refractivity contribution in [2.45, 2.75) is 137 Å². The van der Waals surface area contributed by atoms with E-state index in [0.29, 0.717) is 23.2 Å². The average Bonchev–Trinajstić information content (AvgIpc) is 3.14. The van der Waals surface area contributed by atoms with Gasteiger partial charge in [0.25, 0.3) is 0 Å². The highest BCUT2D eigenvalue weighted by Crippen LogP contribution is 2.59. The Labute approximate surface area is 230 Å². The van der Waals surface area contributed by atoms with Gasteiger partial charge >= 0.3 is 0 Å². The molecule has 0 spiro atoms. The number of rotatable bonds is 7. The van der Waals surface area contributed by atoms with Crippen LogP contribution < -0.4 is 0 Å². The predicted octanol–water partition coefficient (Wildman–Crippen LogP) is 9.79. The third-order valence-corrected chi connectivity index (χ3v) is 15.6. The maximum absolute atomic E-state index is 10.1. The molecule has 0 radical (unpaired) electrons. The van der Waals surface area contributed by atoms with Crippen LogP contribution in [-0.4, -0.2) is 25.1 Å². The fourth-order valence-electron chi connectivity index (χ4n) is 7.15. The second-order valence-corrected chi connectivity index (χ2v) is 19.8. The lowest BCUT2D eigenvalue weighted by Gasteiger charge is -2.45. The normalized spacial score (nSPS) is 33.8. The summed E-state index contributed by atoms with van der Waals surface area (Å²) in [5, 5.41) is 10.4. The summed E-state index contributed by atoms with van der Waals surface area (Å²) >= 11 is 0. The van der Waals surface area contributed by atoms with E-state index in [0.717, 1.165) is 25.2 Å². The Morgan fingerprint density at radius 3 is 2.35 bits per heavy atom. The topological polar surface area (TPSA) is 29.5 Å². The zero-order valence-corrected chi connectivity index (χ0v) is 26.9. The zero-order valence-electron chi connectivity index (χ0n) is 25.9. The van der Waals surface area contributed by atoms with Crippen molar-refractivity contribution in [2.75, 3.05) is 0 Å². The minimum absolute atomic E-state index is 0.160. The lowest BCUT2D eigenvalue weighted by atomic mass is 9.61. The zero-order chi connectivity index (χ0) is 27.8. The fourth-order valence-corrected chi connectivity index (χ4v) is 8.96. The van der Waals surface area contributed by atoms with Crippen molar-refractivity contribution in [3.63, 3.8) is 0 Å². The van der Waals surface area contributed by atoms with E-state index in [1.807, 2.05) is 0 Å². The predicted molar refractivity (Wildman–Crippen MR) is 163 cm³/mol. The highest BCUT2D eigenvalue weighted by molar-refractivity contribution is 6.74. The molecule has 0 saturated heterocycles. The largest absolute Gasteiger partial charge is 0.411 e. The standard InChI is InChI=1S/C34H58O2Si/c1-24-15-19-29(35)23-28(24)18-17-27-13-12-22-34(9)30(20-21-31(27)34)25(2)14-16-26(3)33(7,8)36-37(10,11)32(4,5)6/h14,16-18,25-26,29-31,35H,1,12-13,15,19-23H2,2-11H3/b16-14+,27-17+,28-18+/t25-,26-,29+,30-,31+,34-/m1/s1. The third kappa shape index (κ3) is 6.82. The van der Waals surface area contributed by atoms with Crippen LogP contribution in [0, 0.1) is 29.1 Å². The minimum atomic E-state index is -1.82. The molecule has 37 heavy (non-hydrogen) atoms. The van der Waals surface area contributed by atoms with Gasteiger partial charge in [-0.15, -0.1) is 0 Å². The molecule has 0 aromatic carbocycles. The van der Waals surface area contributed by atoms with Crippen molar-refractivity contribution in [1.82, 2.24) is 0 Å². The molecule has 0 aromatic rings. The molecule has 0 unspecified atom stereocenters. The van der Waals surface area contributed by atoms with E-state index in [-0.39, 0.29) is 16.7 Å². The van der Waals surface area contributed by atoms with Crippen LogP contribution in [0.25, 0.3) is 0 Å². The summed E-state index contributed by atoms with van der Waals surface area (Å²) in [7, 11) is -1.82. The van der Waals surface area contributed by atoms with Gasteiger partial charge in [-0.1, -0.05) is 83.6 Å². The molecule has 3 fully saturated rings. The van der Waals surface area contributed by atoms with Crippen molar-refractivity contribution in [3.8, 4) is 0 Å². The molecule has 0 aliphatic heterocycles. The van der Waals surface area contributed by atoms with Gasteiger partial charge in [-0.2, -0.15) is 0 Å². The van der Waals surface area contributed by atoms with Crippen molar-refractivity contribution in [3.05, 3.63) is 47.6 Å². The van der Waals surface area contributed by atoms with Gasteiger partial charge in [0.2, 0.25) is 0 Å². The third-order valence-electron chi connectivity index (χ3n) is 11.0. The first-order valence-electron chi connectivity index (χ1n) is 15.1. The highest BCUT2D eigenvalue weighted by atomic mass is 28.4. The average molecular weight is 527 g/mol. The molecule has 0 heterocycles. The Morgan fingerprint density at radius 1 is 1.03 bits per heavy atom. The number of allylic oxidation sites excluding steroid dienone is 5. The summed E-state index contributed by atoms with van der Waals surface area (Å²) in [4.78, 5) is 0. The van der Waals surface area contributed by atoms with Gasteiger partial charge in [0, 0.05) is 5.92 Å².